The number of sulfonamides is 1. The van der Waals surface area contributed by atoms with Gasteiger partial charge in [-0.2, -0.15) is 0 Å². The zero-order valence-corrected chi connectivity index (χ0v) is 18.0. The Kier molecular flexibility index (Phi) is 5.35. The highest BCUT2D eigenvalue weighted by molar-refractivity contribution is 7.89. The van der Waals surface area contributed by atoms with Crippen molar-refractivity contribution in [3.05, 3.63) is 36.2 Å². The zero-order chi connectivity index (χ0) is 20.6. The van der Waals surface area contributed by atoms with Gasteiger partial charge in [0.05, 0.1) is 0 Å². The molecule has 0 saturated carbocycles. The third-order valence-corrected chi connectivity index (χ3v) is 7.24. The zero-order valence-electron chi connectivity index (χ0n) is 17.2. The molecule has 0 bridgehead atoms. The van der Waals surface area contributed by atoms with Gasteiger partial charge in [-0.05, 0) is 61.5 Å². The van der Waals surface area contributed by atoms with Gasteiger partial charge in [-0.25, -0.2) is 23.1 Å². The molecule has 3 N–H and O–H groups in total. The number of hydrogen-bond donors (Lipinski definition) is 3. The largest absolute Gasteiger partial charge is 0.366 e. The fourth-order valence-electron chi connectivity index (χ4n) is 3.95. The Bertz CT molecular complexity index is 977. The minimum Gasteiger partial charge on any atom is -0.366 e. The molecule has 4 rings (SSSR count). The fourth-order valence-corrected chi connectivity index (χ4v) is 5.19. The van der Waals surface area contributed by atoms with Crippen molar-refractivity contribution in [2.75, 3.05) is 18.4 Å². The molecule has 0 radical (unpaired) electrons. The molecule has 1 atom stereocenters. The van der Waals surface area contributed by atoms with Crippen LogP contribution in [0.1, 0.15) is 39.2 Å². The van der Waals surface area contributed by atoms with Crippen LogP contribution in [0, 0.1) is 5.41 Å². The van der Waals surface area contributed by atoms with E-state index in [1.807, 2.05) is 12.1 Å². The number of aromatic nitrogens is 2. The lowest BCUT2D eigenvalue weighted by Crippen LogP contribution is -2.42. The van der Waals surface area contributed by atoms with Crippen molar-refractivity contribution < 1.29 is 8.42 Å². The molecule has 4 heterocycles. The number of nitrogens with one attached hydrogen (secondary N) is 3. The number of hydrogen-bond acceptors (Lipinski definition) is 6. The lowest BCUT2D eigenvalue weighted by Gasteiger charge is -2.27. The van der Waals surface area contributed by atoms with Crippen LogP contribution in [0.25, 0.3) is 11.1 Å². The predicted octanol–water partition coefficient (Wildman–Crippen LogP) is 2.56. The number of anilines is 1. The Morgan fingerprint density at radius 2 is 1.86 bits per heavy atom. The standard InChI is InChI=1S/C21H29N5O2S/c1-21(2,3)18-12-17-16(8-11-23-20(17)25-18)14-4-5-19(24-13-14)29(27,28)26-15-6-9-22-10-7-15/h4-5,8,11,13,15,18,22,26H,6-7,9-10,12H2,1-3H3,(H,23,25). The molecular weight excluding hydrogens is 386 g/mol. The molecule has 7 nitrogen and oxygen atoms in total. The molecule has 2 aromatic rings. The van der Waals surface area contributed by atoms with Gasteiger partial charge in [0.15, 0.2) is 5.03 Å². The van der Waals surface area contributed by atoms with Crippen molar-refractivity contribution in [1.29, 1.82) is 0 Å². The van der Waals surface area contributed by atoms with Crippen LogP contribution in [0.4, 0.5) is 5.82 Å². The summed E-state index contributed by atoms with van der Waals surface area (Å²) in [7, 11) is -3.61. The Labute approximate surface area is 172 Å². The summed E-state index contributed by atoms with van der Waals surface area (Å²) in [6.07, 6.45) is 5.91. The normalized spacial score (nSPS) is 20.3. The second-order valence-electron chi connectivity index (χ2n) is 8.98. The van der Waals surface area contributed by atoms with Gasteiger partial charge in [0.2, 0.25) is 0 Å². The Balaban J connectivity index is 1.56. The molecule has 2 aliphatic heterocycles. The monoisotopic (exact) mass is 415 g/mol. The summed E-state index contributed by atoms with van der Waals surface area (Å²) in [6.45, 7) is 8.30. The number of pyridine rings is 2. The maximum Gasteiger partial charge on any atom is 0.258 e. The molecule has 29 heavy (non-hydrogen) atoms. The van der Waals surface area contributed by atoms with E-state index in [1.54, 1.807) is 18.5 Å². The van der Waals surface area contributed by atoms with Gasteiger partial charge in [0.25, 0.3) is 10.0 Å². The topological polar surface area (TPSA) is 96.0 Å². The molecule has 0 aromatic carbocycles. The lowest BCUT2D eigenvalue weighted by molar-refractivity contribution is 0.347. The molecule has 8 heteroatoms. The molecular formula is C21H29N5O2S. The molecule has 0 spiro atoms. The van der Waals surface area contributed by atoms with Crippen LogP contribution in [0.3, 0.4) is 0 Å². The maximum atomic E-state index is 12.7. The Morgan fingerprint density at radius 1 is 1.10 bits per heavy atom. The van der Waals surface area contributed by atoms with Crippen LogP contribution in [0.15, 0.2) is 35.6 Å². The van der Waals surface area contributed by atoms with Crippen molar-refractivity contribution in [2.45, 2.75) is 57.1 Å². The van der Waals surface area contributed by atoms with Crippen LogP contribution in [0.2, 0.25) is 0 Å². The van der Waals surface area contributed by atoms with Gasteiger partial charge in [-0.15, -0.1) is 0 Å². The Morgan fingerprint density at radius 3 is 2.52 bits per heavy atom. The van der Waals surface area contributed by atoms with E-state index in [4.69, 9.17) is 0 Å². The van der Waals surface area contributed by atoms with E-state index < -0.39 is 10.0 Å². The predicted molar refractivity (Wildman–Crippen MR) is 114 cm³/mol. The van der Waals surface area contributed by atoms with Crippen LogP contribution in [-0.4, -0.2) is 43.6 Å². The summed E-state index contributed by atoms with van der Waals surface area (Å²) in [5.41, 5.74) is 3.24. The second-order valence-corrected chi connectivity index (χ2v) is 10.6. The van der Waals surface area contributed by atoms with Crippen molar-refractivity contribution in [2.24, 2.45) is 5.41 Å². The van der Waals surface area contributed by atoms with E-state index in [2.05, 4.69) is 46.1 Å². The summed E-state index contributed by atoms with van der Waals surface area (Å²) in [4.78, 5) is 8.77. The number of fused-ring (bicyclic) bond motifs is 1. The van der Waals surface area contributed by atoms with Gasteiger partial charge < -0.3 is 10.6 Å². The minimum atomic E-state index is -3.61. The van der Waals surface area contributed by atoms with Crippen LogP contribution >= 0.6 is 0 Å². The smallest absolute Gasteiger partial charge is 0.258 e. The number of nitrogens with zero attached hydrogens (tertiary/aromatic N) is 2. The van der Waals surface area contributed by atoms with E-state index in [0.717, 1.165) is 54.9 Å². The summed E-state index contributed by atoms with van der Waals surface area (Å²) in [6, 6.07) is 5.68. The van der Waals surface area contributed by atoms with Crippen LogP contribution < -0.4 is 15.4 Å². The first-order chi connectivity index (χ1) is 13.7. The SMILES string of the molecule is CC(C)(C)C1Cc2c(-c3ccc(S(=O)(=O)NC4CCNCC4)nc3)ccnc2N1. The summed E-state index contributed by atoms with van der Waals surface area (Å²) in [5, 5.41) is 6.83. The molecule has 2 aliphatic rings. The molecule has 1 saturated heterocycles. The van der Waals surface area contributed by atoms with Gasteiger partial charge in [0, 0.05) is 35.6 Å². The van der Waals surface area contributed by atoms with E-state index in [0.29, 0.717) is 6.04 Å². The average molecular weight is 416 g/mol. The van der Waals surface area contributed by atoms with E-state index in [1.165, 1.54) is 0 Å². The third kappa shape index (κ3) is 4.29. The summed E-state index contributed by atoms with van der Waals surface area (Å²) in [5.74, 6) is 0.909. The number of rotatable bonds is 4. The molecule has 0 aliphatic carbocycles. The van der Waals surface area contributed by atoms with Crippen molar-refractivity contribution >= 4 is 15.8 Å². The quantitative estimate of drug-likeness (QED) is 0.710. The molecule has 1 fully saturated rings. The van der Waals surface area contributed by atoms with Gasteiger partial charge in [-0.3, -0.25) is 0 Å². The van der Waals surface area contributed by atoms with Crippen molar-refractivity contribution in [1.82, 2.24) is 20.0 Å². The van der Waals surface area contributed by atoms with E-state index >= 15 is 0 Å². The molecule has 156 valence electrons. The number of piperidine rings is 1. The van der Waals surface area contributed by atoms with Crippen molar-refractivity contribution in [3.63, 3.8) is 0 Å². The minimum absolute atomic E-state index is 0.0356. The van der Waals surface area contributed by atoms with Crippen LogP contribution in [0.5, 0.6) is 0 Å². The first kappa shape index (κ1) is 20.3. The second kappa shape index (κ2) is 7.66. The lowest BCUT2D eigenvalue weighted by atomic mass is 9.84. The first-order valence-corrected chi connectivity index (χ1v) is 11.7. The highest BCUT2D eigenvalue weighted by atomic mass is 32.2. The summed E-state index contributed by atoms with van der Waals surface area (Å²) < 4.78 is 28.1. The molecule has 2 aromatic heterocycles. The summed E-state index contributed by atoms with van der Waals surface area (Å²) >= 11 is 0. The van der Waals surface area contributed by atoms with Gasteiger partial charge >= 0.3 is 0 Å². The molecule has 1 unspecified atom stereocenters. The highest BCUT2D eigenvalue weighted by Crippen LogP contribution is 2.38. The van der Waals surface area contributed by atoms with Crippen molar-refractivity contribution in [3.8, 4) is 11.1 Å². The van der Waals surface area contributed by atoms with E-state index in [9.17, 15) is 8.42 Å². The molecule has 0 amide bonds. The van der Waals surface area contributed by atoms with Gasteiger partial charge in [-0.1, -0.05) is 20.8 Å². The van der Waals surface area contributed by atoms with Gasteiger partial charge in [0.1, 0.15) is 5.82 Å². The first-order valence-electron chi connectivity index (χ1n) is 10.2. The maximum absolute atomic E-state index is 12.7. The average Bonchev–Trinajstić information content (AvgIpc) is 3.13. The van der Waals surface area contributed by atoms with Crippen LogP contribution in [-0.2, 0) is 16.4 Å². The Hall–Kier alpha value is -2.03. The highest BCUT2D eigenvalue weighted by Gasteiger charge is 2.33. The third-order valence-electron chi connectivity index (χ3n) is 5.80. The fraction of sp³-hybridized carbons (Fsp3) is 0.524. The van der Waals surface area contributed by atoms with E-state index in [-0.39, 0.29) is 16.5 Å².